The Morgan fingerprint density at radius 2 is 1.47 bits per heavy atom. The summed E-state index contributed by atoms with van der Waals surface area (Å²) < 4.78 is 4.99. The molecule has 0 spiro atoms. The lowest BCUT2D eigenvalue weighted by Crippen LogP contribution is -2.37. The minimum absolute atomic E-state index is 0.256. The normalized spacial score (nSPS) is 12.6. The molecular formula is C22H23N3O5. The van der Waals surface area contributed by atoms with Crippen LogP contribution in [0.4, 0.5) is 5.69 Å². The van der Waals surface area contributed by atoms with Crippen molar-refractivity contribution < 1.29 is 23.9 Å². The van der Waals surface area contributed by atoms with Crippen molar-refractivity contribution >= 4 is 29.4 Å². The summed E-state index contributed by atoms with van der Waals surface area (Å²) in [5.74, 6) is -2.29. The van der Waals surface area contributed by atoms with Gasteiger partial charge in [0, 0.05) is 33.4 Å². The Morgan fingerprint density at radius 3 is 2.00 bits per heavy atom. The predicted octanol–water partition coefficient (Wildman–Crippen LogP) is 1.55. The zero-order valence-electron chi connectivity index (χ0n) is 17.1. The predicted molar refractivity (Wildman–Crippen MR) is 110 cm³/mol. The Bertz CT molecular complexity index is 950. The molecule has 0 saturated heterocycles. The summed E-state index contributed by atoms with van der Waals surface area (Å²) in [4.78, 5) is 53.2. The summed E-state index contributed by atoms with van der Waals surface area (Å²) in [7, 11) is 5.50. The van der Waals surface area contributed by atoms with Crippen LogP contribution in [0.15, 0.2) is 48.5 Å². The van der Waals surface area contributed by atoms with Crippen LogP contribution in [0.25, 0.3) is 0 Å². The molecule has 0 bridgehead atoms. The molecule has 1 heterocycles. The highest BCUT2D eigenvalue weighted by atomic mass is 16.5. The fraction of sp³-hybridized carbons (Fsp3) is 0.273. The topological polar surface area (TPSA) is 87.2 Å². The van der Waals surface area contributed by atoms with Gasteiger partial charge in [-0.1, -0.05) is 24.3 Å². The average Bonchev–Trinajstić information content (AvgIpc) is 2.97. The Morgan fingerprint density at radius 1 is 0.900 bits per heavy atom. The van der Waals surface area contributed by atoms with Gasteiger partial charge in [0.2, 0.25) is 0 Å². The number of nitrogens with zero attached hydrogens (tertiary/aromatic N) is 3. The lowest BCUT2D eigenvalue weighted by atomic mass is 10.1. The van der Waals surface area contributed by atoms with E-state index in [9.17, 15) is 19.2 Å². The second-order valence-electron chi connectivity index (χ2n) is 7.21. The first-order valence-corrected chi connectivity index (χ1v) is 9.39. The zero-order valence-corrected chi connectivity index (χ0v) is 17.1. The largest absolute Gasteiger partial charge is 0.454 e. The molecule has 0 aliphatic carbocycles. The summed E-state index contributed by atoms with van der Waals surface area (Å²) in [5, 5.41) is 0. The van der Waals surface area contributed by atoms with Crippen molar-refractivity contribution in [2.45, 2.75) is 6.54 Å². The van der Waals surface area contributed by atoms with Crippen LogP contribution in [0.2, 0.25) is 0 Å². The molecule has 2 aromatic carbocycles. The number of fused-ring (bicyclic) bond motifs is 1. The molecule has 0 aromatic heterocycles. The van der Waals surface area contributed by atoms with E-state index in [1.807, 2.05) is 43.3 Å². The maximum Gasteiger partial charge on any atom is 0.326 e. The van der Waals surface area contributed by atoms with E-state index in [0.717, 1.165) is 16.2 Å². The standard InChI is InChI=1S/C22H23N3O5/c1-23(2)16-10-8-15(9-11-16)12-24(3)19(26)14-30-20(27)13-25-21(28)17-6-4-5-7-18(17)22(25)29/h4-11H,12-14H2,1-3H3. The molecule has 0 fully saturated rings. The van der Waals surface area contributed by atoms with Crippen molar-refractivity contribution in [2.24, 2.45) is 0 Å². The minimum Gasteiger partial charge on any atom is -0.454 e. The molecule has 0 N–H and O–H groups in total. The SMILES string of the molecule is CN(Cc1ccc(N(C)C)cc1)C(=O)COC(=O)CN1C(=O)c2ccccc2C1=O. The summed E-state index contributed by atoms with van der Waals surface area (Å²) in [6.07, 6.45) is 0. The number of imide groups is 1. The molecular weight excluding hydrogens is 386 g/mol. The zero-order chi connectivity index (χ0) is 21.8. The molecule has 0 unspecified atom stereocenters. The number of rotatable bonds is 7. The van der Waals surface area contributed by atoms with Gasteiger partial charge in [0.05, 0.1) is 11.1 Å². The molecule has 0 saturated carbocycles. The van der Waals surface area contributed by atoms with Crippen molar-refractivity contribution in [3.8, 4) is 0 Å². The van der Waals surface area contributed by atoms with E-state index in [-0.39, 0.29) is 17.0 Å². The quantitative estimate of drug-likeness (QED) is 0.509. The maximum atomic E-state index is 12.3. The van der Waals surface area contributed by atoms with Crippen LogP contribution in [0, 0.1) is 0 Å². The highest BCUT2D eigenvalue weighted by Gasteiger charge is 2.36. The Labute approximate surface area is 174 Å². The van der Waals surface area contributed by atoms with E-state index in [0.29, 0.717) is 6.54 Å². The number of carbonyl (C=O) groups is 4. The summed E-state index contributed by atoms with van der Waals surface area (Å²) in [5.41, 5.74) is 2.50. The van der Waals surface area contributed by atoms with Crippen molar-refractivity contribution in [1.29, 1.82) is 0 Å². The number of benzene rings is 2. The van der Waals surface area contributed by atoms with Gasteiger partial charge in [0.25, 0.3) is 17.7 Å². The van der Waals surface area contributed by atoms with E-state index < -0.39 is 30.9 Å². The molecule has 1 aliphatic rings. The molecule has 1 aliphatic heterocycles. The van der Waals surface area contributed by atoms with Gasteiger partial charge in [-0.25, -0.2) is 0 Å². The summed E-state index contributed by atoms with van der Waals surface area (Å²) >= 11 is 0. The van der Waals surface area contributed by atoms with Crippen LogP contribution in [0.3, 0.4) is 0 Å². The number of anilines is 1. The molecule has 30 heavy (non-hydrogen) atoms. The summed E-state index contributed by atoms with van der Waals surface area (Å²) in [6, 6.07) is 14.1. The molecule has 3 rings (SSSR count). The first kappa shape index (κ1) is 21.0. The van der Waals surface area contributed by atoms with Crippen molar-refractivity contribution in [3.05, 3.63) is 65.2 Å². The van der Waals surface area contributed by atoms with Crippen LogP contribution < -0.4 is 4.90 Å². The highest BCUT2D eigenvalue weighted by Crippen LogP contribution is 2.22. The van der Waals surface area contributed by atoms with E-state index >= 15 is 0 Å². The molecule has 8 heteroatoms. The summed E-state index contributed by atoms with van der Waals surface area (Å²) in [6.45, 7) is -0.633. The van der Waals surface area contributed by atoms with Gasteiger partial charge in [-0.3, -0.25) is 24.1 Å². The number of carbonyl (C=O) groups excluding carboxylic acids is 4. The molecule has 156 valence electrons. The monoisotopic (exact) mass is 409 g/mol. The third-order valence-electron chi connectivity index (χ3n) is 4.82. The minimum atomic E-state index is -0.818. The second-order valence-corrected chi connectivity index (χ2v) is 7.21. The Balaban J connectivity index is 1.49. The van der Waals surface area contributed by atoms with Gasteiger partial charge < -0.3 is 14.5 Å². The molecule has 0 radical (unpaired) electrons. The number of ether oxygens (including phenoxy) is 1. The van der Waals surface area contributed by atoms with E-state index in [2.05, 4.69) is 0 Å². The van der Waals surface area contributed by atoms with Crippen LogP contribution in [-0.2, 0) is 20.9 Å². The second kappa shape index (κ2) is 8.77. The van der Waals surface area contributed by atoms with Crippen LogP contribution in [0.5, 0.6) is 0 Å². The van der Waals surface area contributed by atoms with Crippen LogP contribution in [-0.4, -0.2) is 67.8 Å². The van der Waals surface area contributed by atoms with E-state index in [4.69, 9.17) is 4.74 Å². The lowest BCUT2D eigenvalue weighted by Gasteiger charge is -2.19. The van der Waals surface area contributed by atoms with Crippen molar-refractivity contribution in [3.63, 3.8) is 0 Å². The third kappa shape index (κ3) is 4.48. The van der Waals surface area contributed by atoms with Gasteiger partial charge in [-0.2, -0.15) is 0 Å². The number of esters is 1. The van der Waals surface area contributed by atoms with Gasteiger partial charge in [0.1, 0.15) is 6.54 Å². The fourth-order valence-corrected chi connectivity index (χ4v) is 3.07. The van der Waals surface area contributed by atoms with Gasteiger partial charge >= 0.3 is 5.97 Å². The maximum absolute atomic E-state index is 12.3. The molecule has 0 atom stereocenters. The molecule has 8 nitrogen and oxygen atoms in total. The highest BCUT2D eigenvalue weighted by molar-refractivity contribution is 6.22. The average molecular weight is 409 g/mol. The van der Waals surface area contributed by atoms with Crippen LogP contribution in [0.1, 0.15) is 26.3 Å². The number of likely N-dealkylation sites (N-methyl/N-ethyl adjacent to an activating group) is 1. The third-order valence-corrected chi connectivity index (χ3v) is 4.82. The molecule has 2 aromatic rings. The van der Waals surface area contributed by atoms with Crippen molar-refractivity contribution in [1.82, 2.24) is 9.80 Å². The van der Waals surface area contributed by atoms with E-state index in [1.54, 1.807) is 19.2 Å². The van der Waals surface area contributed by atoms with Crippen LogP contribution >= 0.6 is 0 Å². The van der Waals surface area contributed by atoms with Gasteiger partial charge in [-0.15, -0.1) is 0 Å². The number of hydrogen-bond donors (Lipinski definition) is 0. The van der Waals surface area contributed by atoms with Crippen molar-refractivity contribution in [2.75, 3.05) is 39.2 Å². The van der Waals surface area contributed by atoms with E-state index in [1.165, 1.54) is 17.0 Å². The first-order chi connectivity index (χ1) is 14.3. The lowest BCUT2D eigenvalue weighted by molar-refractivity contribution is -0.151. The fourth-order valence-electron chi connectivity index (χ4n) is 3.07. The number of hydrogen-bond acceptors (Lipinski definition) is 6. The Hall–Kier alpha value is -3.68. The Kier molecular flexibility index (Phi) is 6.15. The smallest absolute Gasteiger partial charge is 0.326 e. The first-order valence-electron chi connectivity index (χ1n) is 9.39. The van der Waals surface area contributed by atoms with Gasteiger partial charge in [-0.05, 0) is 29.8 Å². The molecule has 3 amide bonds. The number of amides is 3. The van der Waals surface area contributed by atoms with Gasteiger partial charge in [0.15, 0.2) is 6.61 Å².